The molecule has 0 spiro atoms. The molecule has 0 aliphatic rings. The van der Waals surface area contributed by atoms with Gasteiger partial charge >= 0.3 is 6.03 Å². The summed E-state index contributed by atoms with van der Waals surface area (Å²) in [5.74, 6) is 0.602. The second-order valence-corrected chi connectivity index (χ2v) is 8.36. The number of hydrogen-bond donors (Lipinski definition) is 3. The summed E-state index contributed by atoms with van der Waals surface area (Å²) < 4.78 is 0. The molecule has 0 aliphatic heterocycles. The maximum Gasteiger partial charge on any atom is 0.321 e. The van der Waals surface area contributed by atoms with Crippen LogP contribution in [-0.4, -0.2) is 65.1 Å². The van der Waals surface area contributed by atoms with Crippen LogP contribution in [0.1, 0.15) is 0 Å². The van der Waals surface area contributed by atoms with Crippen LogP contribution in [0.25, 0.3) is 56.0 Å². The normalized spacial score (nSPS) is 11.2. The summed E-state index contributed by atoms with van der Waals surface area (Å²) in [5, 5.41) is 11.0. The molecule has 6 rings (SSSR count). The smallest absolute Gasteiger partial charge is 0.321 e. The third kappa shape index (κ3) is 3.78. The number of carbonyl (C=O) groups excluding carboxylic acids is 1. The number of pyridine rings is 4. The molecule has 0 saturated heterocycles. The maximum atomic E-state index is 12.0. The van der Waals surface area contributed by atoms with E-state index in [4.69, 9.17) is 4.98 Å². The Hall–Kier alpha value is -5.19. The highest BCUT2D eigenvalue weighted by molar-refractivity contribution is 5.96. The number of H-pyrrole nitrogens is 2. The number of nitrogens with one attached hydrogen (secondary N) is 3. The molecule has 176 valence electrons. The average molecular weight is 477 g/mol. The highest BCUT2D eigenvalue weighted by Gasteiger charge is 2.17. The molecule has 0 atom stereocenters. The number of aromatic amines is 2. The van der Waals surface area contributed by atoms with Crippen molar-refractivity contribution < 1.29 is 4.79 Å². The van der Waals surface area contributed by atoms with Crippen LogP contribution < -0.4 is 5.32 Å². The van der Waals surface area contributed by atoms with Crippen molar-refractivity contribution in [2.24, 2.45) is 0 Å². The SMILES string of the molecule is CN(C)C(=O)Nc1cncc(-c2cnc3n[nH]c(-c4nc5nccc(-c6ccncc6)c5[nH]4)c3c2)c1. The van der Waals surface area contributed by atoms with Gasteiger partial charge in [0.05, 0.1) is 22.8 Å². The van der Waals surface area contributed by atoms with Crippen LogP contribution in [0.4, 0.5) is 10.5 Å². The summed E-state index contributed by atoms with van der Waals surface area (Å²) in [6, 6.07) is 9.42. The molecule has 0 aliphatic carbocycles. The molecular formula is C25H20N10O. The zero-order chi connectivity index (χ0) is 24.6. The first kappa shape index (κ1) is 21.4. The summed E-state index contributed by atoms with van der Waals surface area (Å²) >= 11 is 0. The van der Waals surface area contributed by atoms with E-state index in [1.807, 2.05) is 30.3 Å². The van der Waals surface area contributed by atoms with E-state index in [0.717, 1.165) is 33.2 Å². The van der Waals surface area contributed by atoms with Crippen molar-refractivity contribution in [2.75, 3.05) is 19.4 Å². The van der Waals surface area contributed by atoms with Crippen LogP contribution in [0.2, 0.25) is 0 Å². The zero-order valence-electron chi connectivity index (χ0n) is 19.4. The van der Waals surface area contributed by atoms with E-state index in [2.05, 4.69) is 40.4 Å². The van der Waals surface area contributed by atoms with Crippen molar-refractivity contribution in [3.8, 4) is 33.8 Å². The molecule has 11 nitrogen and oxygen atoms in total. The molecule has 0 aromatic carbocycles. The van der Waals surface area contributed by atoms with Gasteiger partial charge in [-0.05, 0) is 35.9 Å². The summed E-state index contributed by atoms with van der Waals surface area (Å²) in [6.07, 6.45) is 10.3. The monoisotopic (exact) mass is 476 g/mol. The number of hydrogen-bond acceptors (Lipinski definition) is 7. The van der Waals surface area contributed by atoms with Gasteiger partial charge in [-0.2, -0.15) is 5.10 Å². The fraction of sp³-hybridized carbons (Fsp3) is 0.0800. The minimum atomic E-state index is -0.232. The molecule has 2 amide bonds. The van der Waals surface area contributed by atoms with E-state index in [1.165, 1.54) is 4.90 Å². The summed E-state index contributed by atoms with van der Waals surface area (Å²) in [5.41, 5.74) is 6.88. The predicted molar refractivity (Wildman–Crippen MR) is 136 cm³/mol. The molecule has 0 saturated carbocycles. The molecule has 0 bridgehead atoms. The van der Waals surface area contributed by atoms with Gasteiger partial charge in [-0.3, -0.25) is 15.1 Å². The topological polar surface area (TPSA) is 141 Å². The Morgan fingerprint density at radius 2 is 1.72 bits per heavy atom. The fourth-order valence-electron chi connectivity index (χ4n) is 3.94. The van der Waals surface area contributed by atoms with Crippen molar-refractivity contribution in [3.05, 3.63) is 67.5 Å². The molecule has 0 radical (unpaired) electrons. The highest BCUT2D eigenvalue weighted by Crippen LogP contribution is 2.32. The van der Waals surface area contributed by atoms with Gasteiger partial charge in [0, 0.05) is 61.8 Å². The first-order valence-corrected chi connectivity index (χ1v) is 11.1. The second kappa shape index (κ2) is 8.55. The fourth-order valence-corrected chi connectivity index (χ4v) is 3.94. The van der Waals surface area contributed by atoms with Crippen LogP contribution in [-0.2, 0) is 0 Å². The summed E-state index contributed by atoms with van der Waals surface area (Å²) in [7, 11) is 3.36. The summed E-state index contributed by atoms with van der Waals surface area (Å²) in [6.45, 7) is 0. The van der Waals surface area contributed by atoms with E-state index >= 15 is 0 Å². The Labute approximate surface area is 204 Å². The third-order valence-corrected chi connectivity index (χ3v) is 5.76. The van der Waals surface area contributed by atoms with E-state index in [1.54, 1.807) is 51.3 Å². The van der Waals surface area contributed by atoms with Gasteiger partial charge in [0.15, 0.2) is 17.1 Å². The van der Waals surface area contributed by atoms with Crippen LogP contribution in [0, 0.1) is 0 Å². The lowest BCUT2D eigenvalue weighted by Gasteiger charge is -2.12. The van der Waals surface area contributed by atoms with Crippen LogP contribution in [0.3, 0.4) is 0 Å². The molecule has 3 N–H and O–H groups in total. The molecule has 11 heteroatoms. The number of amides is 2. The van der Waals surface area contributed by atoms with E-state index in [0.29, 0.717) is 28.5 Å². The Bertz CT molecular complexity index is 1720. The predicted octanol–water partition coefficient (Wildman–Crippen LogP) is 4.11. The maximum absolute atomic E-state index is 12.0. The first-order valence-electron chi connectivity index (χ1n) is 11.1. The molecule has 6 heterocycles. The Morgan fingerprint density at radius 3 is 2.56 bits per heavy atom. The lowest BCUT2D eigenvalue weighted by atomic mass is 10.1. The Balaban J connectivity index is 1.41. The van der Waals surface area contributed by atoms with Gasteiger partial charge < -0.3 is 15.2 Å². The number of carbonyl (C=O) groups is 1. The van der Waals surface area contributed by atoms with Gasteiger partial charge in [-0.15, -0.1) is 0 Å². The van der Waals surface area contributed by atoms with Crippen molar-refractivity contribution in [2.45, 2.75) is 0 Å². The molecule has 36 heavy (non-hydrogen) atoms. The Morgan fingerprint density at radius 1 is 0.889 bits per heavy atom. The quantitative estimate of drug-likeness (QED) is 0.348. The average Bonchev–Trinajstić information content (AvgIpc) is 3.53. The number of rotatable bonds is 4. The van der Waals surface area contributed by atoms with E-state index in [9.17, 15) is 4.79 Å². The van der Waals surface area contributed by atoms with Crippen molar-refractivity contribution in [1.82, 2.24) is 45.0 Å². The van der Waals surface area contributed by atoms with E-state index in [-0.39, 0.29) is 6.03 Å². The lowest BCUT2D eigenvalue weighted by molar-refractivity contribution is 0.230. The summed E-state index contributed by atoms with van der Waals surface area (Å²) in [4.78, 5) is 38.9. The number of aromatic nitrogens is 8. The van der Waals surface area contributed by atoms with Gasteiger partial charge in [0.1, 0.15) is 5.69 Å². The van der Waals surface area contributed by atoms with Crippen molar-refractivity contribution >= 4 is 33.9 Å². The Kier molecular flexibility index (Phi) is 5.07. The minimum absolute atomic E-state index is 0.232. The highest BCUT2D eigenvalue weighted by atomic mass is 16.2. The zero-order valence-corrected chi connectivity index (χ0v) is 19.4. The number of nitrogens with zero attached hydrogens (tertiary/aromatic N) is 7. The van der Waals surface area contributed by atoms with Crippen LogP contribution in [0.15, 0.2) is 67.5 Å². The van der Waals surface area contributed by atoms with Gasteiger partial charge in [0.25, 0.3) is 0 Å². The second-order valence-electron chi connectivity index (χ2n) is 8.36. The third-order valence-electron chi connectivity index (χ3n) is 5.76. The molecular weight excluding hydrogens is 456 g/mol. The van der Waals surface area contributed by atoms with E-state index < -0.39 is 0 Å². The number of urea groups is 1. The number of fused-ring (bicyclic) bond motifs is 2. The standard InChI is InChI=1S/C25H20N10O/c1-35(2)25(36)30-17-9-15(11-27-13-17)16-10-19-21(33-34-22(19)29-12-16)24-31-20-18(5-8-28-23(20)32-24)14-3-6-26-7-4-14/h3-13H,1-2H3,(H,30,36)(H,28,31,32)(H,29,33,34). The molecule has 0 fully saturated rings. The molecule has 6 aromatic rings. The van der Waals surface area contributed by atoms with Crippen LogP contribution in [0.5, 0.6) is 0 Å². The van der Waals surface area contributed by atoms with Gasteiger partial charge in [-0.25, -0.2) is 19.7 Å². The van der Waals surface area contributed by atoms with Crippen LogP contribution >= 0.6 is 0 Å². The minimum Gasteiger partial charge on any atom is -0.335 e. The largest absolute Gasteiger partial charge is 0.335 e. The molecule has 6 aromatic heterocycles. The van der Waals surface area contributed by atoms with Crippen molar-refractivity contribution in [3.63, 3.8) is 0 Å². The van der Waals surface area contributed by atoms with Gasteiger partial charge in [-0.1, -0.05) is 0 Å². The molecule has 0 unspecified atom stereocenters. The van der Waals surface area contributed by atoms with Gasteiger partial charge in [0.2, 0.25) is 0 Å². The lowest BCUT2D eigenvalue weighted by Crippen LogP contribution is -2.27. The number of anilines is 1. The first-order chi connectivity index (χ1) is 17.6. The number of imidazole rings is 1. The van der Waals surface area contributed by atoms with Crippen molar-refractivity contribution in [1.29, 1.82) is 0 Å².